The van der Waals surface area contributed by atoms with Crippen molar-refractivity contribution in [3.05, 3.63) is 12.7 Å². The highest BCUT2D eigenvalue weighted by Gasteiger charge is 2.03. The number of nitrogens with zero attached hydrogens (tertiary/aromatic N) is 3. The van der Waals surface area contributed by atoms with E-state index in [1.165, 1.54) is 6.42 Å². The third-order valence-electron chi connectivity index (χ3n) is 2.05. The van der Waals surface area contributed by atoms with Crippen molar-refractivity contribution in [1.29, 1.82) is 0 Å². The lowest BCUT2D eigenvalue weighted by atomic mass is 10.2. The van der Waals surface area contributed by atoms with Crippen LogP contribution in [0.3, 0.4) is 0 Å². The fourth-order valence-electron chi connectivity index (χ4n) is 1.19. The minimum Gasteiger partial charge on any atom is -0.317 e. The van der Waals surface area contributed by atoms with E-state index in [9.17, 15) is 0 Å². The first-order valence-corrected chi connectivity index (χ1v) is 4.89. The zero-order chi connectivity index (χ0) is 9.52. The van der Waals surface area contributed by atoms with Gasteiger partial charge in [-0.05, 0) is 32.9 Å². The van der Waals surface area contributed by atoms with E-state index in [0.29, 0.717) is 6.04 Å². The summed E-state index contributed by atoms with van der Waals surface area (Å²) < 4.78 is 1.90. The van der Waals surface area contributed by atoms with E-state index in [1.807, 2.05) is 4.68 Å². The van der Waals surface area contributed by atoms with E-state index in [0.717, 1.165) is 19.5 Å². The molecule has 13 heavy (non-hydrogen) atoms. The van der Waals surface area contributed by atoms with E-state index in [1.54, 1.807) is 12.7 Å². The van der Waals surface area contributed by atoms with Crippen LogP contribution in [0.15, 0.2) is 12.7 Å². The molecule has 1 unspecified atom stereocenters. The molecule has 0 aliphatic heterocycles. The Bertz CT molecular complexity index is 207. The molecule has 1 aromatic rings. The summed E-state index contributed by atoms with van der Waals surface area (Å²) in [4.78, 5) is 3.92. The zero-order valence-corrected chi connectivity index (χ0v) is 8.40. The summed E-state index contributed by atoms with van der Waals surface area (Å²) in [6.45, 7) is 6.48. The molecule has 1 atom stereocenters. The van der Waals surface area contributed by atoms with Crippen LogP contribution < -0.4 is 5.32 Å². The summed E-state index contributed by atoms with van der Waals surface area (Å²) in [5.74, 6) is 0. The van der Waals surface area contributed by atoms with Gasteiger partial charge in [0.25, 0.3) is 0 Å². The molecule has 1 rings (SSSR count). The molecule has 4 heteroatoms. The van der Waals surface area contributed by atoms with Crippen molar-refractivity contribution in [3.63, 3.8) is 0 Å². The van der Waals surface area contributed by atoms with Crippen LogP contribution in [-0.2, 0) is 0 Å². The molecular weight excluding hydrogens is 164 g/mol. The van der Waals surface area contributed by atoms with Crippen LogP contribution >= 0.6 is 0 Å². The van der Waals surface area contributed by atoms with E-state index >= 15 is 0 Å². The van der Waals surface area contributed by atoms with Gasteiger partial charge in [-0.3, -0.25) is 4.68 Å². The standard InChI is InChI=1S/C9H18N4/c1-3-5-10-6-4-9(2)13-8-11-7-12-13/h7-10H,3-6H2,1-2H3. The van der Waals surface area contributed by atoms with Crippen molar-refractivity contribution in [1.82, 2.24) is 20.1 Å². The van der Waals surface area contributed by atoms with Crippen molar-refractivity contribution in [2.24, 2.45) is 0 Å². The van der Waals surface area contributed by atoms with Gasteiger partial charge >= 0.3 is 0 Å². The van der Waals surface area contributed by atoms with Crippen LogP contribution in [0.4, 0.5) is 0 Å². The second kappa shape index (κ2) is 5.70. The minimum absolute atomic E-state index is 0.437. The first-order valence-electron chi connectivity index (χ1n) is 4.89. The molecule has 0 amide bonds. The van der Waals surface area contributed by atoms with Gasteiger partial charge in [-0.25, -0.2) is 4.98 Å². The summed E-state index contributed by atoms with van der Waals surface area (Å²) in [5, 5.41) is 7.46. The first kappa shape index (κ1) is 10.2. The van der Waals surface area contributed by atoms with Gasteiger partial charge < -0.3 is 5.32 Å². The summed E-state index contributed by atoms with van der Waals surface area (Å²) in [5.41, 5.74) is 0. The molecule has 0 radical (unpaired) electrons. The Balaban J connectivity index is 2.15. The Hall–Kier alpha value is -0.900. The molecule has 0 spiro atoms. The lowest BCUT2D eigenvalue weighted by molar-refractivity contribution is 0.443. The number of aromatic nitrogens is 3. The molecule has 0 bridgehead atoms. The van der Waals surface area contributed by atoms with Crippen molar-refractivity contribution < 1.29 is 0 Å². The van der Waals surface area contributed by atoms with Crippen LogP contribution in [0, 0.1) is 0 Å². The van der Waals surface area contributed by atoms with Gasteiger partial charge in [0, 0.05) is 0 Å². The zero-order valence-electron chi connectivity index (χ0n) is 8.40. The molecule has 0 aliphatic rings. The van der Waals surface area contributed by atoms with Gasteiger partial charge in [-0.2, -0.15) is 5.10 Å². The van der Waals surface area contributed by atoms with Crippen LogP contribution in [0.25, 0.3) is 0 Å². The molecule has 0 saturated carbocycles. The van der Waals surface area contributed by atoms with E-state index in [4.69, 9.17) is 0 Å². The summed E-state index contributed by atoms with van der Waals surface area (Å²) >= 11 is 0. The maximum absolute atomic E-state index is 4.09. The van der Waals surface area contributed by atoms with E-state index < -0.39 is 0 Å². The molecule has 4 nitrogen and oxygen atoms in total. The van der Waals surface area contributed by atoms with E-state index in [-0.39, 0.29) is 0 Å². The van der Waals surface area contributed by atoms with Gasteiger partial charge in [0.1, 0.15) is 12.7 Å². The molecular formula is C9H18N4. The van der Waals surface area contributed by atoms with Crippen molar-refractivity contribution in [3.8, 4) is 0 Å². The second-order valence-corrected chi connectivity index (χ2v) is 3.26. The predicted octanol–water partition coefficient (Wildman–Crippen LogP) is 1.23. The molecule has 0 aliphatic carbocycles. The Labute approximate surface area is 79.4 Å². The highest BCUT2D eigenvalue weighted by Crippen LogP contribution is 2.05. The maximum atomic E-state index is 4.09. The number of nitrogens with one attached hydrogen (secondary N) is 1. The number of hydrogen-bond donors (Lipinski definition) is 1. The molecule has 1 heterocycles. The Morgan fingerprint density at radius 1 is 1.46 bits per heavy atom. The SMILES string of the molecule is CCCNCCC(C)n1cncn1. The Morgan fingerprint density at radius 2 is 2.31 bits per heavy atom. The van der Waals surface area contributed by atoms with Crippen LogP contribution in [0.1, 0.15) is 32.7 Å². The molecule has 1 aromatic heterocycles. The van der Waals surface area contributed by atoms with Crippen molar-refractivity contribution >= 4 is 0 Å². The van der Waals surface area contributed by atoms with Gasteiger partial charge in [0.05, 0.1) is 6.04 Å². The maximum Gasteiger partial charge on any atom is 0.137 e. The largest absolute Gasteiger partial charge is 0.317 e. The highest BCUT2D eigenvalue weighted by molar-refractivity contribution is 4.65. The second-order valence-electron chi connectivity index (χ2n) is 3.26. The first-order chi connectivity index (χ1) is 6.34. The molecule has 0 aromatic carbocycles. The quantitative estimate of drug-likeness (QED) is 0.673. The average molecular weight is 182 g/mol. The fourth-order valence-corrected chi connectivity index (χ4v) is 1.19. The third kappa shape index (κ3) is 3.55. The molecule has 0 saturated heterocycles. The van der Waals surface area contributed by atoms with Crippen molar-refractivity contribution in [2.75, 3.05) is 13.1 Å². The Morgan fingerprint density at radius 3 is 2.92 bits per heavy atom. The smallest absolute Gasteiger partial charge is 0.137 e. The lowest BCUT2D eigenvalue weighted by Gasteiger charge is -2.11. The number of rotatable bonds is 6. The number of hydrogen-bond acceptors (Lipinski definition) is 3. The Kier molecular flexibility index (Phi) is 4.46. The molecule has 0 fully saturated rings. The van der Waals surface area contributed by atoms with E-state index in [2.05, 4.69) is 29.2 Å². The predicted molar refractivity (Wildman–Crippen MR) is 52.5 cm³/mol. The van der Waals surface area contributed by atoms with Crippen molar-refractivity contribution in [2.45, 2.75) is 32.7 Å². The van der Waals surface area contributed by atoms with Gasteiger partial charge in [-0.15, -0.1) is 0 Å². The third-order valence-corrected chi connectivity index (χ3v) is 2.05. The van der Waals surface area contributed by atoms with Crippen LogP contribution in [-0.4, -0.2) is 27.9 Å². The molecule has 74 valence electrons. The summed E-state index contributed by atoms with van der Waals surface area (Å²) in [6, 6.07) is 0.437. The summed E-state index contributed by atoms with van der Waals surface area (Å²) in [7, 11) is 0. The van der Waals surface area contributed by atoms with Crippen LogP contribution in [0.5, 0.6) is 0 Å². The van der Waals surface area contributed by atoms with Gasteiger partial charge in [-0.1, -0.05) is 6.92 Å². The average Bonchev–Trinajstić information content (AvgIpc) is 2.65. The normalized spacial score (nSPS) is 13.1. The van der Waals surface area contributed by atoms with Gasteiger partial charge in [0.2, 0.25) is 0 Å². The fraction of sp³-hybridized carbons (Fsp3) is 0.778. The summed E-state index contributed by atoms with van der Waals surface area (Å²) in [6.07, 6.45) is 5.64. The monoisotopic (exact) mass is 182 g/mol. The molecule has 1 N–H and O–H groups in total. The minimum atomic E-state index is 0.437. The topological polar surface area (TPSA) is 42.7 Å². The highest BCUT2D eigenvalue weighted by atomic mass is 15.3. The van der Waals surface area contributed by atoms with Crippen LogP contribution in [0.2, 0.25) is 0 Å². The van der Waals surface area contributed by atoms with Gasteiger partial charge in [0.15, 0.2) is 0 Å². The lowest BCUT2D eigenvalue weighted by Crippen LogP contribution is -2.19.